The maximum absolute atomic E-state index is 11.3. The lowest BCUT2D eigenvalue weighted by atomic mass is 10.2. The van der Waals surface area contributed by atoms with E-state index in [1.807, 2.05) is 6.92 Å². The zero-order valence-electron chi connectivity index (χ0n) is 9.89. The molecule has 0 radical (unpaired) electrons. The Morgan fingerprint density at radius 3 is 2.36 bits per heavy atom. The maximum atomic E-state index is 11.3. The molecule has 1 amide bonds. The van der Waals surface area contributed by atoms with Crippen LogP contribution in [-0.2, 0) is 4.79 Å². The molecule has 0 aliphatic carbocycles. The lowest BCUT2D eigenvalue weighted by molar-refractivity contribution is -0.121. The van der Waals surface area contributed by atoms with Crippen molar-refractivity contribution in [3.05, 3.63) is 0 Å². The molecule has 3 heteroatoms. The summed E-state index contributed by atoms with van der Waals surface area (Å²) in [6, 6.07) is 0.716. The molecule has 3 nitrogen and oxygen atoms in total. The summed E-state index contributed by atoms with van der Waals surface area (Å²) < 4.78 is 0. The first-order valence-electron chi connectivity index (χ1n) is 5.62. The third kappa shape index (κ3) is 6.89. The summed E-state index contributed by atoms with van der Waals surface area (Å²) >= 11 is 0. The van der Waals surface area contributed by atoms with Crippen molar-refractivity contribution in [2.75, 3.05) is 6.54 Å². The average Bonchev–Trinajstić information content (AvgIpc) is 2.15. The van der Waals surface area contributed by atoms with Crippen molar-refractivity contribution in [3.63, 3.8) is 0 Å². The zero-order chi connectivity index (χ0) is 11.0. The van der Waals surface area contributed by atoms with Gasteiger partial charge in [-0.05, 0) is 26.7 Å². The fourth-order valence-corrected chi connectivity index (χ4v) is 1.23. The van der Waals surface area contributed by atoms with Gasteiger partial charge in [0.1, 0.15) is 0 Å². The van der Waals surface area contributed by atoms with E-state index in [1.165, 1.54) is 0 Å². The van der Waals surface area contributed by atoms with E-state index in [9.17, 15) is 4.79 Å². The second-order valence-corrected chi connectivity index (χ2v) is 3.95. The van der Waals surface area contributed by atoms with Crippen LogP contribution in [0.3, 0.4) is 0 Å². The van der Waals surface area contributed by atoms with Gasteiger partial charge < -0.3 is 10.6 Å². The molecule has 84 valence electrons. The molecule has 0 aliphatic rings. The molecule has 0 heterocycles. The molecule has 0 aromatic carbocycles. The molecule has 0 saturated carbocycles. The van der Waals surface area contributed by atoms with Crippen LogP contribution in [0, 0.1) is 0 Å². The van der Waals surface area contributed by atoms with Gasteiger partial charge in [0.05, 0.1) is 6.54 Å². The molecule has 0 fully saturated rings. The summed E-state index contributed by atoms with van der Waals surface area (Å²) in [7, 11) is 0. The van der Waals surface area contributed by atoms with Gasteiger partial charge in [-0.3, -0.25) is 4.79 Å². The highest BCUT2D eigenvalue weighted by molar-refractivity contribution is 5.78. The van der Waals surface area contributed by atoms with Gasteiger partial charge >= 0.3 is 0 Å². The quantitative estimate of drug-likeness (QED) is 0.656. The molecule has 0 bridgehead atoms. The van der Waals surface area contributed by atoms with E-state index in [4.69, 9.17) is 0 Å². The first-order valence-corrected chi connectivity index (χ1v) is 5.62. The van der Waals surface area contributed by atoms with E-state index in [-0.39, 0.29) is 11.9 Å². The van der Waals surface area contributed by atoms with Gasteiger partial charge in [-0.1, -0.05) is 20.3 Å². The molecule has 0 saturated heterocycles. The van der Waals surface area contributed by atoms with Crippen LogP contribution in [-0.4, -0.2) is 24.5 Å². The van der Waals surface area contributed by atoms with E-state index in [0.29, 0.717) is 12.6 Å². The minimum Gasteiger partial charge on any atom is -0.353 e. The third-order valence-electron chi connectivity index (χ3n) is 2.35. The SMILES string of the molecule is CCCC(C)NCC(=O)NC(C)CC. The van der Waals surface area contributed by atoms with Crippen molar-refractivity contribution in [2.45, 2.75) is 59.0 Å². The topological polar surface area (TPSA) is 41.1 Å². The van der Waals surface area contributed by atoms with E-state index in [1.54, 1.807) is 0 Å². The van der Waals surface area contributed by atoms with Crippen LogP contribution in [0.5, 0.6) is 0 Å². The fraction of sp³-hybridized carbons (Fsp3) is 0.909. The molecular formula is C11H24N2O. The lowest BCUT2D eigenvalue weighted by Gasteiger charge is -2.15. The number of hydrogen-bond acceptors (Lipinski definition) is 2. The molecule has 2 atom stereocenters. The first-order chi connectivity index (χ1) is 6.60. The Kier molecular flexibility index (Phi) is 7.48. The largest absolute Gasteiger partial charge is 0.353 e. The minimum absolute atomic E-state index is 0.0994. The van der Waals surface area contributed by atoms with E-state index < -0.39 is 0 Å². The Labute approximate surface area is 87.6 Å². The van der Waals surface area contributed by atoms with Crippen LogP contribution in [0.25, 0.3) is 0 Å². The molecule has 2 N–H and O–H groups in total. The van der Waals surface area contributed by atoms with Gasteiger partial charge in [-0.2, -0.15) is 0 Å². The highest BCUT2D eigenvalue weighted by Gasteiger charge is 2.06. The smallest absolute Gasteiger partial charge is 0.234 e. The Morgan fingerprint density at radius 2 is 1.86 bits per heavy atom. The van der Waals surface area contributed by atoms with Gasteiger partial charge in [0.25, 0.3) is 0 Å². The van der Waals surface area contributed by atoms with Crippen molar-refractivity contribution in [2.24, 2.45) is 0 Å². The first kappa shape index (κ1) is 13.4. The van der Waals surface area contributed by atoms with Crippen molar-refractivity contribution < 1.29 is 4.79 Å². The van der Waals surface area contributed by atoms with Crippen LogP contribution in [0.15, 0.2) is 0 Å². The Bertz CT molecular complexity index is 159. The average molecular weight is 200 g/mol. The zero-order valence-corrected chi connectivity index (χ0v) is 9.89. The second-order valence-electron chi connectivity index (χ2n) is 3.95. The summed E-state index contributed by atoms with van der Waals surface area (Å²) in [5.74, 6) is 0.0994. The van der Waals surface area contributed by atoms with Crippen LogP contribution in [0.4, 0.5) is 0 Å². The van der Waals surface area contributed by atoms with Gasteiger partial charge in [0.2, 0.25) is 5.91 Å². The van der Waals surface area contributed by atoms with E-state index in [2.05, 4.69) is 31.4 Å². The Hall–Kier alpha value is -0.570. The summed E-state index contributed by atoms with van der Waals surface area (Å²) in [6.07, 6.45) is 3.26. The molecule has 0 aromatic rings. The fourth-order valence-electron chi connectivity index (χ4n) is 1.23. The Morgan fingerprint density at radius 1 is 1.21 bits per heavy atom. The normalized spacial score (nSPS) is 14.9. The number of rotatable bonds is 7. The Balaban J connectivity index is 3.53. The predicted octanol–water partition coefficient (Wildman–Crippen LogP) is 1.68. The third-order valence-corrected chi connectivity index (χ3v) is 2.35. The number of carbonyl (C=O) groups is 1. The van der Waals surface area contributed by atoms with Gasteiger partial charge in [0.15, 0.2) is 0 Å². The summed E-state index contributed by atoms with van der Waals surface area (Å²) in [6.45, 7) is 8.79. The van der Waals surface area contributed by atoms with Crippen molar-refractivity contribution in [1.82, 2.24) is 10.6 Å². The number of amides is 1. The van der Waals surface area contributed by atoms with Crippen LogP contribution in [0.1, 0.15) is 47.0 Å². The summed E-state index contributed by atoms with van der Waals surface area (Å²) in [4.78, 5) is 11.3. The standard InChI is InChI=1S/C11H24N2O/c1-5-7-10(4)12-8-11(14)13-9(3)6-2/h9-10,12H,5-8H2,1-4H3,(H,13,14). The van der Waals surface area contributed by atoms with Gasteiger partial charge in [0, 0.05) is 12.1 Å². The van der Waals surface area contributed by atoms with Crippen LogP contribution >= 0.6 is 0 Å². The highest BCUT2D eigenvalue weighted by Crippen LogP contribution is 1.93. The summed E-state index contributed by atoms with van der Waals surface area (Å²) in [5.41, 5.74) is 0. The number of hydrogen-bond donors (Lipinski definition) is 2. The van der Waals surface area contributed by atoms with Gasteiger partial charge in [-0.15, -0.1) is 0 Å². The van der Waals surface area contributed by atoms with Crippen molar-refractivity contribution in [1.29, 1.82) is 0 Å². The maximum Gasteiger partial charge on any atom is 0.234 e. The number of nitrogens with one attached hydrogen (secondary N) is 2. The van der Waals surface area contributed by atoms with Crippen LogP contribution < -0.4 is 10.6 Å². The molecule has 0 aliphatic heterocycles. The van der Waals surface area contributed by atoms with E-state index >= 15 is 0 Å². The second kappa shape index (κ2) is 7.80. The van der Waals surface area contributed by atoms with Gasteiger partial charge in [-0.25, -0.2) is 0 Å². The molecule has 14 heavy (non-hydrogen) atoms. The molecular weight excluding hydrogens is 176 g/mol. The molecule has 0 rings (SSSR count). The molecule has 0 aromatic heterocycles. The lowest BCUT2D eigenvalue weighted by Crippen LogP contribution is -2.41. The highest BCUT2D eigenvalue weighted by atomic mass is 16.1. The molecule has 0 spiro atoms. The monoisotopic (exact) mass is 200 g/mol. The minimum atomic E-state index is 0.0994. The predicted molar refractivity (Wildman–Crippen MR) is 60.3 cm³/mol. The van der Waals surface area contributed by atoms with E-state index in [0.717, 1.165) is 19.3 Å². The number of carbonyl (C=O) groups excluding carboxylic acids is 1. The van der Waals surface area contributed by atoms with Crippen molar-refractivity contribution in [3.8, 4) is 0 Å². The van der Waals surface area contributed by atoms with Crippen molar-refractivity contribution >= 4 is 5.91 Å². The van der Waals surface area contributed by atoms with Crippen LogP contribution in [0.2, 0.25) is 0 Å². The summed E-state index contributed by atoms with van der Waals surface area (Å²) in [5, 5.41) is 6.13. The molecule has 2 unspecified atom stereocenters.